The van der Waals surface area contributed by atoms with Gasteiger partial charge >= 0.3 is 29.8 Å². The van der Waals surface area contributed by atoms with E-state index in [1.165, 1.54) is 40.2 Å². The van der Waals surface area contributed by atoms with Crippen molar-refractivity contribution >= 4 is 46.5 Å². The van der Waals surface area contributed by atoms with Crippen molar-refractivity contribution in [2.24, 2.45) is 11.3 Å². The second-order valence-electron chi connectivity index (χ2n) is 22.2. The summed E-state index contributed by atoms with van der Waals surface area (Å²) in [5.74, 6) is -7.19. The van der Waals surface area contributed by atoms with Gasteiger partial charge in [-0.25, -0.2) is 9.59 Å². The van der Waals surface area contributed by atoms with E-state index in [0.29, 0.717) is 25.7 Å². The molecule has 0 radical (unpaired) electrons. The molecule has 17 nitrogen and oxygen atoms in total. The number of fused-ring (bicyclic) bond motifs is 6. The number of esters is 5. The normalized spacial score (nSPS) is 32.9. The van der Waals surface area contributed by atoms with Crippen molar-refractivity contribution in [3.8, 4) is 0 Å². The molecule has 438 valence electrons. The van der Waals surface area contributed by atoms with Gasteiger partial charge in [0.25, 0.3) is 0 Å². The summed E-state index contributed by atoms with van der Waals surface area (Å²) in [7, 11) is -0.597. The van der Waals surface area contributed by atoms with Gasteiger partial charge in [-0.15, -0.1) is 0 Å². The smallest absolute Gasteiger partial charge is 0.330 e. The van der Waals surface area contributed by atoms with E-state index in [2.05, 4.69) is 47.6 Å². The highest BCUT2D eigenvalue weighted by Crippen LogP contribution is 2.51. The third-order valence-electron chi connectivity index (χ3n) is 17.0. The summed E-state index contributed by atoms with van der Waals surface area (Å²) >= 11 is 0. The maximum absolute atomic E-state index is 15.0. The van der Waals surface area contributed by atoms with Crippen LogP contribution in [0.4, 0.5) is 0 Å². The van der Waals surface area contributed by atoms with E-state index >= 15 is 0 Å². The lowest BCUT2D eigenvalue weighted by Crippen LogP contribution is -2.63. The fourth-order valence-corrected chi connectivity index (χ4v) is 17.7. The molecule has 4 aliphatic rings. The summed E-state index contributed by atoms with van der Waals surface area (Å²) in [6, 6.07) is 4.91. The minimum Gasteiger partial charge on any atom is -0.466 e. The first-order valence-corrected chi connectivity index (χ1v) is 33.5. The number of ether oxygens (including phenoxy) is 9. The van der Waals surface area contributed by atoms with Crippen molar-refractivity contribution in [1.29, 1.82) is 0 Å². The van der Waals surface area contributed by atoms with E-state index in [4.69, 9.17) is 51.5 Å². The average Bonchev–Trinajstić information content (AvgIpc) is 3.38. The van der Waals surface area contributed by atoms with Crippen LogP contribution in [0.5, 0.6) is 0 Å². The number of hydrogen-bond acceptors (Lipinski definition) is 17. The lowest BCUT2D eigenvalue weighted by molar-refractivity contribution is -0.358. The van der Waals surface area contributed by atoms with Crippen LogP contribution >= 0.6 is 0 Å². The average molecular weight is 1120 g/mol. The fraction of sp³-hybridized carbons (Fsp3) is 0.776. The molecule has 0 aromatic carbocycles. The summed E-state index contributed by atoms with van der Waals surface area (Å²) in [6.07, 6.45) is 7.35. The Morgan fingerprint density at radius 3 is 1.92 bits per heavy atom. The van der Waals surface area contributed by atoms with Crippen molar-refractivity contribution in [3.63, 3.8) is 0 Å². The first kappa shape index (κ1) is 66.0. The molecule has 4 heterocycles. The molecule has 19 heteroatoms. The third-order valence-corrected chi connectivity index (χ3v) is 26.5. The predicted molar refractivity (Wildman–Crippen MR) is 296 cm³/mol. The molecule has 4 rings (SSSR count). The SMILES string of the molecule is CC[Si](CC)(CC)O[C@H]1CC(=O)O[C@@H]([C@@H](C)O[Si](CC)(CC)CC)C[C@@H]2C/C(=C\C(=O)OC)[C@H](OC(C)=O)[C@@](O)(O2)[C@H](C)/C=C/CCCC=C[C@H]2C/C(=C\C(=O)OC)C[C@@H](C[C@]3(OC)O[C@H](C1)C[C@H](OC(C)=O)C3(C)C)O2. The van der Waals surface area contributed by atoms with E-state index in [0.717, 1.165) is 48.3 Å². The van der Waals surface area contributed by atoms with Crippen LogP contribution in [0.1, 0.15) is 154 Å². The molecule has 0 aromatic heterocycles. The van der Waals surface area contributed by atoms with E-state index in [1.807, 2.05) is 39.0 Å². The van der Waals surface area contributed by atoms with Crippen molar-refractivity contribution in [2.45, 2.75) is 256 Å². The molecule has 77 heavy (non-hydrogen) atoms. The standard InChI is InChI=1S/C58H96O17Si2/c1-16-76(17-2,18-3)74-40(8)50-35-46-32-44(33-53(62)66-14)55(69-42(10)60)58(64,73-46)39(7)27-25-23-22-24-26-28-45-29-43(31-52(61)65-13)30-49(70-45)38-57(67-15)56(11,12)51(68-41(9)59)36-47(72-57)34-48(37-54(63)71-50)75-77(19-4,20-5)21-6/h25-28,31,33,39-40,45-51,55,64H,16-24,29-30,32,34-38H2,1-15H3/b27-25+,28-26?,43-31+,44-33+/t39-,40-,45+,46+,47-,48-,49+,50-,51+,55+,57+,58+/m1/s1. The molecule has 0 saturated carbocycles. The molecule has 0 aromatic rings. The van der Waals surface area contributed by atoms with Gasteiger partial charge in [0.2, 0.25) is 5.79 Å². The second kappa shape index (κ2) is 29.8. The number of hydrogen-bond donors (Lipinski definition) is 1. The lowest BCUT2D eigenvalue weighted by Gasteiger charge is -2.55. The Morgan fingerprint density at radius 1 is 0.753 bits per heavy atom. The summed E-state index contributed by atoms with van der Waals surface area (Å²) < 4.78 is 70.3. The highest BCUT2D eigenvalue weighted by atomic mass is 28.4. The van der Waals surface area contributed by atoms with E-state index < -0.39 is 124 Å². The number of rotatable bonds is 16. The topological polar surface area (TPSA) is 207 Å². The van der Waals surface area contributed by atoms with Crippen LogP contribution in [-0.2, 0) is 75.5 Å². The van der Waals surface area contributed by atoms with E-state index in [1.54, 1.807) is 14.0 Å². The maximum atomic E-state index is 15.0. The maximum Gasteiger partial charge on any atom is 0.330 e. The minimum absolute atomic E-state index is 0.0335. The summed E-state index contributed by atoms with van der Waals surface area (Å²) in [4.78, 5) is 66.4. The molecule has 0 unspecified atom stereocenters. The highest BCUT2D eigenvalue weighted by Gasteiger charge is 2.60. The van der Waals surface area contributed by atoms with Crippen LogP contribution in [0.15, 0.2) is 47.6 Å². The summed E-state index contributed by atoms with van der Waals surface area (Å²) in [5, 5.41) is 12.8. The van der Waals surface area contributed by atoms with Crippen LogP contribution < -0.4 is 0 Å². The van der Waals surface area contributed by atoms with Gasteiger partial charge in [-0.05, 0) is 93.7 Å². The van der Waals surface area contributed by atoms with Crippen LogP contribution in [0, 0.1) is 11.3 Å². The molecule has 1 N–H and O–H groups in total. The van der Waals surface area contributed by atoms with Gasteiger partial charge in [0.05, 0.1) is 62.7 Å². The molecule has 0 amide bonds. The Balaban J connectivity index is 1.94. The molecular formula is C58H96O17Si2. The monoisotopic (exact) mass is 1120 g/mol. The van der Waals surface area contributed by atoms with Gasteiger partial charge in [-0.3, -0.25) is 14.4 Å². The molecular weight excluding hydrogens is 1020 g/mol. The van der Waals surface area contributed by atoms with Crippen LogP contribution in [-0.4, -0.2) is 139 Å². The van der Waals surface area contributed by atoms with Crippen molar-refractivity contribution < 1.29 is 80.6 Å². The molecule has 3 saturated heterocycles. The number of methoxy groups -OCH3 is 3. The number of carbonyl (C=O) groups is 5. The summed E-state index contributed by atoms with van der Waals surface area (Å²) in [6.45, 7) is 22.9. The molecule has 0 aliphatic carbocycles. The first-order chi connectivity index (χ1) is 36.4. The fourth-order valence-electron chi connectivity index (χ4n) is 11.8. The van der Waals surface area contributed by atoms with Crippen molar-refractivity contribution in [2.75, 3.05) is 21.3 Å². The molecule has 12 atom stereocenters. The first-order valence-electron chi connectivity index (χ1n) is 28.5. The highest BCUT2D eigenvalue weighted by molar-refractivity contribution is 6.74. The molecule has 0 spiro atoms. The van der Waals surface area contributed by atoms with Gasteiger partial charge in [0.1, 0.15) is 12.2 Å². The van der Waals surface area contributed by atoms with Gasteiger partial charge in [0.15, 0.2) is 28.5 Å². The van der Waals surface area contributed by atoms with Crippen LogP contribution in [0.2, 0.25) is 36.3 Å². The van der Waals surface area contributed by atoms with E-state index in [9.17, 15) is 29.1 Å². The second-order valence-corrected chi connectivity index (χ2v) is 31.7. The molecule has 4 aliphatic heterocycles. The van der Waals surface area contributed by atoms with Crippen molar-refractivity contribution in [1.82, 2.24) is 0 Å². The zero-order valence-electron chi connectivity index (χ0n) is 49.2. The molecule has 3 fully saturated rings. The van der Waals surface area contributed by atoms with Gasteiger partial charge in [-0.2, -0.15) is 0 Å². The Bertz CT molecular complexity index is 2060. The van der Waals surface area contributed by atoms with Crippen LogP contribution in [0.25, 0.3) is 0 Å². The lowest BCUT2D eigenvalue weighted by atomic mass is 9.70. The zero-order chi connectivity index (χ0) is 57.4. The van der Waals surface area contributed by atoms with Gasteiger partial charge in [0, 0.05) is 58.3 Å². The Hall–Kier alpha value is -3.54. The third kappa shape index (κ3) is 17.5. The minimum atomic E-state index is -2.44. The Kier molecular flexibility index (Phi) is 25.5. The van der Waals surface area contributed by atoms with Crippen molar-refractivity contribution in [3.05, 3.63) is 47.6 Å². The number of cyclic esters (lactones) is 1. The number of aliphatic hydroxyl groups is 1. The Labute approximate surface area is 462 Å². The van der Waals surface area contributed by atoms with Gasteiger partial charge in [-0.1, -0.05) is 92.2 Å². The molecule has 6 bridgehead atoms. The zero-order valence-corrected chi connectivity index (χ0v) is 51.2. The quantitative estimate of drug-likeness (QED) is 0.0501. The Morgan fingerprint density at radius 2 is 1.35 bits per heavy atom. The van der Waals surface area contributed by atoms with Gasteiger partial charge < -0.3 is 56.6 Å². The van der Waals surface area contributed by atoms with Crippen LogP contribution in [0.3, 0.4) is 0 Å². The number of allylic oxidation sites excluding steroid dienone is 2. The largest absolute Gasteiger partial charge is 0.466 e. The predicted octanol–water partition coefficient (Wildman–Crippen LogP) is 10.4. The number of carbonyl (C=O) groups excluding carboxylic acids is 5. The van der Waals surface area contributed by atoms with E-state index in [-0.39, 0.29) is 44.1 Å². The summed E-state index contributed by atoms with van der Waals surface area (Å²) in [5.41, 5.74) is 0.200.